The monoisotopic (exact) mass is 411 g/mol. The highest BCUT2D eigenvalue weighted by Crippen LogP contribution is 2.38. The standard InChI is InChI=1S/C14H10BrF4NO4/c1-13(2)23-11(21)7(12(22)24-13)5-20-6-3-8(14(17,18)19)10(15)9(16)4-6/h3-5,20H,1-2H3. The number of rotatable bonds is 2. The van der Waals surface area contributed by atoms with Crippen LogP contribution in [0.2, 0.25) is 0 Å². The topological polar surface area (TPSA) is 64.6 Å². The van der Waals surface area contributed by atoms with E-state index < -0.39 is 45.3 Å². The molecular weight excluding hydrogens is 402 g/mol. The first kappa shape index (κ1) is 18.2. The Balaban J connectivity index is 2.31. The molecule has 1 aliphatic rings. The van der Waals surface area contributed by atoms with E-state index in [1.165, 1.54) is 13.8 Å². The van der Waals surface area contributed by atoms with Crippen molar-refractivity contribution in [2.75, 3.05) is 5.32 Å². The lowest BCUT2D eigenvalue weighted by molar-refractivity contribution is -0.222. The Kier molecular flexibility index (Phi) is 4.62. The second kappa shape index (κ2) is 6.08. The molecule has 10 heteroatoms. The van der Waals surface area contributed by atoms with Crippen molar-refractivity contribution in [1.29, 1.82) is 0 Å². The number of anilines is 1. The van der Waals surface area contributed by atoms with Crippen molar-refractivity contribution >= 4 is 33.6 Å². The highest BCUT2D eigenvalue weighted by molar-refractivity contribution is 9.10. The molecule has 0 atom stereocenters. The summed E-state index contributed by atoms with van der Waals surface area (Å²) >= 11 is 2.52. The fraction of sp³-hybridized carbons (Fsp3) is 0.286. The molecule has 0 unspecified atom stereocenters. The van der Waals surface area contributed by atoms with Gasteiger partial charge >= 0.3 is 18.1 Å². The summed E-state index contributed by atoms with van der Waals surface area (Å²) in [6.45, 7) is 2.68. The molecule has 1 heterocycles. The van der Waals surface area contributed by atoms with Crippen LogP contribution in [-0.2, 0) is 25.2 Å². The predicted octanol–water partition coefficient (Wildman–Crippen LogP) is 3.74. The number of carbonyl (C=O) groups is 2. The van der Waals surface area contributed by atoms with Crippen LogP contribution in [0, 0.1) is 5.82 Å². The van der Waals surface area contributed by atoms with Crippen LogP contribution < -0.4 is 5.32 Å². The van der Waals surface area contributed by atoms with E-state index in [2.05, 4.69) is 21.2 Å². The zero-order valence-corrected chi connectivity index (χ0v) is 13.8. The van der Waals surface area contributed by atoms with E-state index in [0.717, 1.165) is 12.3 Å². The molecule has 5 nitrogen and oxygen atoms in total. The molecule has 0 spiro atoms. The van der Waals surface area contributed by atoms with Crippen molar-refractivity contribution in [1.82, 2.24) is 0 Å². The molecule has 0 saturated carbocycles. The van der Waals surface area contributed by atoms with Crippen molar-refractivity contribution < 1.29 is 36.6 Å². The van der Waals surface area contributed by atoms with E-state index in [1.807, 2.05) is 0 Å². The number of benzene rings is 1. The van der Waals surface area contributed by atoms with Crippen LogP contribution in [0.4, 0.5) is 23.2 Å². The molecule has 130 valence electrons. The summed E-state index contributed by atoms with van der Waals surface area (Å²) in [7, 11) is 0. The van der Waals surface area contributed by atoms with Gasteiger partial charge < -0.3 is 14.8 Å². The van der Waals surface area contributed by atoms with Gasteiger partial charge in [0.25, 0.3) is 5.79 Å². The summed E-state index contributed by atoms with van der Waals surface area (Å²) in [5.74, 6) is -4.64. The number of alkyl halides is 3. The second-order valence-electron chi connectivity index (χ2n) is 5.20. The molecular formula is C14H10BrF4NO4. The minimum Gasteiger partial charge on any atom is -0.419 e. The molecule has 1 fully saturated rings. The van der Waals surface area contributed by atoms with Gasteiger partial charge in [-0.15, -0.1) is 0 Å². The van der Waals surface area contributed by atoms with Crippen LogP contribution in [0.1, 0.15) is 19.4 Å². The van der Waals surface area contributed by atoms with E-state index >= 15 is 0 Å². The zero-order chi connectivity index (χ0) is 18.3. The number of halogens is 5. The summed E-state index contributed by atoms with van der Waals surface area (Å²) in [4.78, 5) is 23.4. The molecule has 0 aromatic heterocycles. The third-order valence-corrected chi connectivity index (χ3v) is 3.64. The number of nitrogens with one attached hydrogen (secondary N) is 1. The Bertz CT molecular complexity index is 721. The van der Waals surface area contributed by atoms with Gasteiger partial charge in [0.2, 0.25) is 0 Å². The van der Waals surface area contributed by atoms with Gasteiger partial charge in [0.1, 0.15) is 5.82 Å². The van der Waals surface area contributed by atoms with Gasteiger partial charge in [-0.05, 0) is 28.1 Å². The fourth-order valence-corrected chi connectivity index (χ4v) is 2.27. The predicted molar refractivity (Wildman–Crippen MR) is 77.1 cm³/mol. The SMILES string of the molecule is CC1(C)OC(=O)C(=CNc2cc(F)c(Br)c(C(F)(F)F)c2)C(=O)O1. The van der Waals surface area contributed by atoms with E-state index in [1.54, 1.807) is 0 Å². The fourth-order valence-electron chi connectivity index (χ4n) is 1.81. The quantitative estimate of drug-likeness (QED) is 0.347. The van der Waals surface area contributed by atoms with Crippen LogP contribution in [0.25, 0.3) is 0 Å². The van der Waals surface area contributed by atoms with Crippen LogP contribution in [0.3, 0.4) is 0 Å². The molecule has 1 aromatic carbocycles. The molecule has 1 aromatic rings. The maximum atomic E-state index is 13.6. The summed E-state index contributed by atoms with van der Waals surface area (Å²) in [5, 5.41) is 2.26. The van der Waals surface area contributed by atoms with Crippen molar-refractivity contribution in [2.45, 2.75) is 25.8 Å². The summed E-state index contributed by atoms with van der Waals surface area (Å²) < 4.78 is 61.0. The molecule has 24 heavy (non-hydrogen) atoms. The number of hydrogen-bond donors (Lipinski definition) is 1. The summed E-state index contributed by atoms with van der Waals surface area (Å²) in [5.41, 5.74) is -2.13. The first-order valence-corrected chi connectivity index (χ1v) is 7.19. The highest BCUT2D eigenvalue weighted by atomic mass is 79.9. The Morgan fingerprint density at radius 2 is 1.71 bits per heavy atom. The number of ether oxygens (including phenoxy) is 2. The van der Waals surface area contributed by atoms with Gasteiger partial charge in [0.05, 0.1) is 10.0 Å². The van der Waals surface area contributed by atoms with E-state index in [4.69, 9.17) is 9.47 Å². The van der Waals surface area contributed by atoms with E-state index in [9.17, 15) is 27.2 Å². The van der Waals surface area contributed by atoms with Gasteiger partial charge in [0, 0.05) is 25.7 Å². The summed E-state index contributed by atoms with van der Waals surface area (Å²) in [6.07, 6.45) is -4.00. The molecule has 0 aliphatic carbocycles. The lowest BCUT2D eigenvalue weighted by Gasteiger charge is -2.29. The second-order valence-corrected chi connectivity index (χ2v) is 5.99. The van der Waals surface area contributed by atoms with E-state index in [-0.39, 0.29) is 5.69 Å². The molecule has 1 N–H and O–H groups in total. The number of cyclic esters (lactones) is 2. The van der Waals surface area contributed by atoms with Crippen molar-refractivity contribution in [3.63, 3.8) is 0 Å². The summed E-state index contributed by atoms with van der Waals surface area (Å²) in [6, 6.07) is 1.38. The largest absolute Gasteiger partial charge is 0.419 e. The van der Waals surface area contributed by atoms with E-state index in [0.29, 0.717) is 6.07 Å². The van der Waals surface area contributed by atoms with Crippen LogP contribution in [0.15, 0.2) is 28.4 Å². The van der Waals surface area contributed by atoms with Gasteiger partial charge in [-0.25, -0.2) is 14.0 Å². The van der Waals surface area contributed by atoms with Crippen molar-refractivity contribution in [2.24, 2.45) is 0 Å². The molecule has 0 amide bonds. The lowest BCUT2D eigenvalue weighted by Crippen LogP contribution is -2.42. The Hall–Kier alpha value is -2.10. The molecule has 1 saturated heterocycles. The maximum Gasteiger partial charge on any atom is 0.417 e. The average Bonchev–Trinajstić information content (AvgIpc) is 2.38. The average molecular weight is 412 g/mol. The first-order chi connectivity index (χ1) is 10.9. The molecule has 1 aliphatic heterocycles. The Morgan fingerprint density at radius 3 is 2.21 bits per heavy atom. The minimum absolute atomic E-state index is 0.319. The Morgan fingerprint density at radius 1 is 1.17 bits per heavy atom. The van der Waals surface area contributed by atoms with Gasteiger partial charge in [-0.3, -0.25) is 0 Å². The number of hydrogen-bond acceptors (Lipinski definition) is 5. The van der Waals surface area contributed by atoms with Gasteiger partial charge in [-0.1, -0.05) is 0 Å². The van der Waals surface area contributed by atoms with Crippen molar-refractivity contribution in [3.8, 4) is 0 Å². The van der Waals surface area contributed by atoms with Gasteiger partial charge in [0.15, 0.2) is 5.57 Å². The van der Waals surface area contributed by atoms with Crippen LogP contribution in [0.5, 0.6) is 0 Å². The Labute approximate surface area is 141 Å². The number of carbonyl (C=O) groups excluding carboxylic acids is 2. The first-order valence-electron chi connectivity index (χ1n) is 6.40. The highest BCUT2D eigenvalue weighted by Gasteiger charge is 2.39. The zero-order valence-electron chi connectivity index (χ0n) is 12.3. The van der Waals surface area contributed by atoms with Crippen LogP contribution in [-0.4, -0.2) is 17.7 Å². The maximum absolute atomic E-state index is 13.6. The van der Waals surface area contributed by atoms with Crippen LogP contribution >= 0.6 is 15.9 Å². The lowest BCUT2D eigenvalue weighted by atomic mass is 10.2. The smallest absolute Gasteiger partial charge is 0.417 e. The molecule has 0 radical (unpaired) electrons. The third kappa shape index (κ3) is 3.86. The number of esters is 2. The van der Waals surface area contributed by atoms with Crippen molar-refractivity contribution in [3.05, 3.63) is 39.8 Å². The third-order valence-electron chi connectivity index (χ3n) is 2.83. The normalized spacial score (nSPS) is 17.2. The molecule has 0 bridgehead atoms. The molecule has 2 rings (SSSR count). The minimum atomic E-state index is -4.79. The van der Waals surface area contributed by atoms with Gasteiger partial charge in [-0.2, -0.15) is 13.2 Å².